The van der Waals surface area contributed by atoms with Crippen LogP contribution in [0.4, 0.5) is 4.39 Å². The molecule has 0 aromatic carbocycles. The van der Waals surface area contributed by atoms with E-state index in [1.807, 2.05) is 0 Å². The van der Waals surface area contributed by atoms with Crippen LogP contribution >= 0.6 is 0 Å². The normalized spacial score (nSPS) is 11.7. The second-order valence-electron chi connectivity index (χ2n) is 2.28. The predicted molar refractivity (Wildman–Crippen MR) is 44.0 cm³/mol. The Morgan fingerprint density at radius 3 is 2.85 bits per heavy atom. The third-order valence-electron chi connectivity index (χ3n) is 1.43. The van der Waals surface area contributed by atoms with Crippen molar-refractivity contribution in [3.05, 3.63) is 32.9 Å². The molecule has 0 aliphatic heterocycles. The van der Waals surface area contributed by atoms with Crippen molar-refractivity contribution in [3.63, 3.8) is 0 Å². The number of rotatable bonds is 0. The fourth-order valence-corrected chi connectivity index (χ4v) is 0.750. The van der Waals surface area contributed by atoms with E-state index in [9.17, 15) is 14.0 Å². The zero-order chi connectivity index (χ0) is 10.0. The summed E-state index contributed by atoms with van der Waals surface area (Å²) in [5.41, 5.74) is -1.84. The minimum absolute atomic E-state index is 0.0835. The van der Waals surface area contributed by atoms with Gasteiger partial charge in [-0.1, -0.05) is 0 Å². The minimum atomic E-state index is -1.07. The van der Waals surface area contributed by atoms with Crippen LogP contribution in [0.25, 0.3) is 0 Å². The van der Waals surface area contributed by atoms with Gasteiger partial charge in [-0.3, -0.25) is 14.3 Å². The van der Waals surface area contributed by atoms with Gasteiger partial charge < -0.3 is 5.84 Å². The molecule has 0 saturated heterocycles. The van der Waals surface area contributed by atoms with Crippen molar-refractivity contribution < 1.29 is 4.39 Å². The van der Waals surface area contributed by atoms with Crippen LogP contribution in [0.2, 0.25) is 0 Å². The summed E-state index contributed by atoms with van der Waals surface area (Å²) in [6, 6.07) is 0. The van der Waals surface area contributed by atoms with Crippen LogP contribution in [0.5, 0.6) is 0 Å². The van der Waals surface area contributed by atoms with Crippen molar-refractivity contribution in [1.29, 1.82) is 0 Å². The Hall–Kier alpha value is -1.92. The monoisotopic (exact) mass is 186 g/mol. The number of H-pyrrole nitrogens is 1. The molecule has 0 saturated carbocycles. The largest absolute Gasteiger partial charge is 0.334 e. The number of hydrogen-bond acceptors (Lipinski definition) is 4. The molecule has 0 aliphatic rings. The van der Waals surface area contributed by atoms with E-state index in [1.54, 1.807) is 4.98 Å². The second kappa shape index (κ2) is 3.21. The Labute approximate surface area is 71.5 Å². The maximum absolute atomic E-state index is 12.7. The zero-order valence-electron chi connectivity index (χ0n) is 6.74. The molecule has 0 aliphatic carbocycles. The minimum Gasteiger partial charge on any atom is -0.322 e. The van der Waals surface area contributed by atoms with Gasteiger partial charge in [0.25, 0.3) is 5.56 Å². The van der Waals surface area contributed by atoms with Crippen molar-refractivity contribution in [2.24, 2.45) is 10.9 Å². The molecule has 1 rings (SSSR count). The van der Waals surface area contributed by atoms with Crippen LogP contribution in [-0.2, 0) is 0 Å². The molecule has 1 aromatic rings. The highest BCUT2D eigenvalue weighted by Crippen LogP contribution is 1.84. The Kier molecular flexibility index (Phi) is 2.27. The first-order valence-electron chi connectivity index (χ1n) is 3.32. The Bertz CT molecular complexity index is 458. The SMILES string of the molecule is CC(=NN)n1cc(F)c(=O)[nH]c1=O. The Morgan fingerprint density at radius 2 is 2.31 bits per heavy atom. The van der Waals surface area contributed by atoms with Gasteiger partial charge in [-0.2, -0.15) is 9.49 Å². The average molecular weight is 186 g/mol. The van der Waals surface area contributed by atoms with Crippen LogP contribution in [0.1, 0.15) is 6.92 Å². The molecule has 0 bridgehead atoms. The first-order chi connectivity index (χ1) is 6.06. The van der Waals surface area contributed by atoms with E-state index in [0.717, 1.165) is 10.8 Å². The highest BCUT2D eigenvalue weighted by atomic mass is 19.1. The van der Waals surface area contributed by atoms with Gasteiger partial charge >= 0.3 is 5.69 Å². The fourth-order valence-electron chi connectivity index (χ4n) is 0.750. The number of hydrogen-bond donors (Lipinski definition) is 2. The van der Waals surface area contributed by atoms with Crippen LogP contribution < -0.4 is 17.1 Å². The lowest BCUT2D eigenvalue weighted by atomic mass is 10.5. The Balaban J connectivity index is 3.50. The van der Waals surface area contributed by atoms with E-state index < -0.39 is 17.1 Å². The highest BCUT2D eigenvalue weighted by Gasteiger charge is 2.04. The summed E-state index contributed by atoms with van der Waals surface area (Å²) in [6.07, 6.45) is 0.729. The molecule has 1 heterocycles. The fraction of sp³-hybridized carbons (Fsp3) is 0.167. The van der Waals surface area contributed by atoms with E-state index in [1.165, 1.54) is 6.92 Å². The average Bonchev–Trinajstić information content (AvgIpc) is 2.10. The molecular weight excluding hydrogens is 179 g/mol. The molecule has 0 fully saturated rings. The van der Waals surface area contributed by atoms with Gasteiger partial charge in [-0.05, 0) is 6.92 Å². The number of hydrazone groups is 1. The van der Waals surface area contributed by atoms with Gasteiger partial charge in [0.15, 0.2) is 0 Å². The quantitative estimate of drug-likeness (QED) is 0.231. The van der Waals surface area contributed by atoms with E-state index in [4.69, 9.17) is 5.84 Å². The van der Waals surface area contributed by atoms with Gasteiger partial charge in [0.05, 0.1) is 6.20 Å². The van der Waals surface area contributed by atoms with Crippen LogP contribution in [0.15, 0.2) is 20.9 Å². The second-order valence-corrected chi connectivity index (χ2v) is 2.28. The van der Waals surface area contributed by atoms with Gasteiger partial charge in [-0.25, -0.2) is 4.79 Å². The molecule has 0 spiro atoms. The lowest BCUT2D eigenvalue weighted by molar-refractivity contribution is 0.589. The molecule has 70 valence electrons. The van der Waals surface area contributed by atoms with Gasteiger partial charge in [0.2, 0.25) is 5.82 Å². The third-order valence-corrected chi connectivity index (χ3v) is 1.43. The number of nitrogens with two attached hydrogens (primary N) is 1. The summed E-state index contributed by atoms with van der Waals surface area (Å²) in [6.45, 7) is 1.40. The van der Waals surface area contributed by atoms with Gasteiger partial charge in [0.1, 0.15) is 5.84 Å². The van der Waals surface area contributed by atoms with Crippen LogP contribution in [0.3, 0.4) is 0 Å². The first kappa shape index (κ1) is 9.17. The van der Waals surface area contributed by atoms with Crippen LogP contribution in [-0.4, -0.2) is 15.4 Å². The zero-order valence-corrected chi connectivity index (χ0v) is 6.74. The summed E-state index contributed by atoms with van der Waals surface area (Å²) in [7, 11) is 0. The molecule has 3 N–H and O–H groups in total. The van der Waals surface area contributed by atoms with E-state index in [2.05, 4.69) is 5.10 Å². The summed E-state index contributed by atoms with van der Waals surface area (Å²) in [5.74, 6) is 3.89. The topological polar surface area (TPSA) is 93.2 Å². The molecule has 1 aromatic heterocycles. The molecule has 0 radical (unpaired) electrons. The third kappa shape index (κ3) is 1.63. The number of nitrogens with zero attached hydrogens (tertiary/aromatic N) is 2. The number of halogens is 1. The number of aromatic amines is 1. The molecule has 7 heteroatoms. The van der Waals surface area contributed by atoms with E-state index in [0.29, 0.717) is 0 Å². The smallest absolute Gasteiger partial charge is 0.322 e. The van der Waals surface area contributed by atoms with E-state index in [-0.39, 0.29) is 5.84 Å². The van der Waals surface area contributed by atoms with Crippen molar-refractivity contribution >= 4 is 5.84 Å². The lowest BCUT2D eigenvalue weighted by Gasteiger charge is -2.00. The van der Waals surface area contributed by atoms with Crippen molar-refractivity contribution in [1.82, 2.24) is 9.55 Å². The molecule has 0 atom stereocenters. The van der Waals surface area contributed by atoms with Crippen LogP contribution in [0, 0.1) is 5.82 Å². The van der Waals surface area contributed by atoms with Crippen molar-refractivity contribution in [3.8, 4) is 0 Å². The molecule has 13 heavy (non-hydrogen) atoms. The van der Waals surface area contributed by atoms with Gasteiger partial charge in [0, 0.05) is 0 Å². The number of nitrogens with one attached hydrogen (secondary N) is 1. The maximum Gasteiger partial charge on any atom is 0.334 e. The molecule has 0 unspecified atom stereocenters. The molecule has 6 nitrogen and oxygen atoms in total. The lowest BCUT2D eigenvalue weighted by Crippen LogP contribution is -2.34. The number of aromatic nitrogens is 2. The summed E-state index contributed by atoms with van der Waals surface area (Å²) in [5, 5.41) is 3.18. The summed E-state index contributed by atoms with van der Waals surface area (Å²) >= 11 is 0. The van der Waals surface area contributed by atoms with Crippen molar-refractivity contribution in [2.45, 2.75) is 6.92 Å². The molecular formula is C6H7FN4O2. The maximum atomic E-state index is 12.7. The van der Waals surface area contributed by atoms with Crippen molar-refractivity contribution in [2.75, 3.05) is 0 Å². The predicted octanol–water partition coefficient (Wildman–Crippen LogP) is -1.18. The Morgan fingerprint density at radius 1 is 1.69 bits per heavy atom. The van der Waals surface area contributed by atoms with E-state index >= 15 is 0 Å². The summed E-state index contributed by atoms with van der Waals surface area (Å²) < 4.78 is 13.5. The molecule has 0 amide bonds. The summed E-state index contributed by atoms with van der Waals surface area (Å²) in [4.78, 5) is 23.3. The highest BCUT2D eigenvalue weighted by molar-refractivity contribution is 5.81. The first-order valence-corrected chi connectivity index (χ1v) is 3.32. The standard InChI is InChI=1S/C6H7FN4O2/c1-3(10-8)11-2-4(7)5(12)9-6(11)13/h2H,8H2,1H3,(H,9,12,13). The van der Waals surface area contributed by atoms with Gasteiger partial charge in [-0.15, -0.1) is 0 Å².